The van der Waals surface area contributed by atoms with E-state index < -0.39 is 0 Å². The Labute approximate surface area is 114 Å². The SMILES string of the molecule is C=CCn1c([C@@H](CC(C)C)C[C@H](C)O)n[nH]c1=S. The molecule has 1 rings (SSSR count). The van der Waals surface area contributed by atoms with Crippen molar-refractivity contribution in [3.8, 4) is 0 Å². The molecule has 0 radical (unpaired) electrons. The Morgan fingerprint density at radius 1 is 1.44 bits per heavy atom. The van der Waals surface area contributed by atoms with E-state index in [0.29, 0.717) is 23.7 Å². The molecule has 1 aromatic heterocycles. The van der Waals surface area contributed by atoms with Crippen molar-refractivity contribution in [2.24, 2.45) is 5.92 Å². The van der Waals surface area contributed by atoms with Crippen molar-refractivity contribution in [1.29, 1.82) is 0 Å². The van der Waals surface area contributed by atoms with Crippen molar-refractivity contribution in [2.45, 2.75) is 52.2 Å². The first-order valence-corrected chi connectivity index (χ1v) is 6.80. The van der Waals surface area contributed by atoms with Gasteiger partial charge < -0.3 is 9.67 Å². The van der Waals surface area contributed by atoms with Crippen LogP contribution in [0.1, 0.15) is 45.4 Å². The van der Waals surface area contributed by atoms with Gasteiger partial charge in [0.1, 0.15) is 5.82 Å². The van der Waals surface area contributed by atoms with E-state index in [4.69, 9.17) is 12.2 Å². The summed E-state index contributed by atoms with van der Waals surface area (Å²) in [5, 5.41) is 16.8. The topological polar surface area (TPSA) is 53.8 Å². The quantitative estimate of drug-likeness (QED) is 0.591. The van der Waals surface area contributed by atoms with Crippen molar-refractivity contribution in [1.82, 2.24) is 14.8 Å². The lowest BCUT2D eigenvalue weighted by atomic mass is 9.91. The van der Waals surface area contributed by atoms with Gasteiger partial charge >= 0.3 is 0 Å². The maximum Gasteiger partial charge on any atom is 0.195 e. The van der Waals surface area contributed by atoms with Gasteiger partial charge in [-0.1, -0.05) is 19.9 Å². The summed E-state index contributed by atoms with van der Waals surface area (Å²) in [4.78, 5) is 0. The molecule has 0 amide bonds. The van der Waals surface area contributed by atoms with Crippen molar-refractivity contribution < 1.29 is 5.11 Å². The Kier molecular flexibility index (Phi) is 5.75. The minimum atomic E-state index is -0.337. The van der Waals surface area contributed by atoms with E-state index >= 15 is 0 Å². The minimum absolute atomic E-state index is 0.220. The fourth-order valence-electron chi connectivity index (χ4n) is 2.23. The van der Waals surface area contributed by atoms with Crippen LogP contribution in [0.25, 0.3) is 0 Å². The van der Waals surface area contributed by atoms with Crippen molar-refractivity contribution in [3.63, 3.8) is 0 Å². The van der Waals surface area contributed by atoms with E-state index in [-0.39, 0.29) is 12.0 Å². The lowest BCUT2D eigenvalue weighted by molar-refractivity contribution is 0.167. The van der Waals surface area contributed by atoms with E-state index in [2.05, 4.69) is 30.6 Å². The summed E-state index contributed by atoms with van der Waals surface area (Å²) in [5.74, 6) is 1.70. The standard InChI is InChI=1S/C13H23N3OS/c1-5-6-16-12(14-15-13(16)18)11(7-9(2)3)8-10(4)17/h5,9-11,17H,1,6-8H2,2-4H3,(H,15,18)/t10-,11-/m0/s1. The molecule has 0 aliphatic carbocycles. The third-order valence-corrected chi connectivity index (χ3v) is 3.16. The van der Waals surface area contributed by atoms with Gasteiger partial charge in [-0.15, -0.1) is 6.58 Å². The molecule has 0 aromatic carbocycles. The van der Waals surface area contributed by atoms with Crippen molar-refractivity contribution in [2.75, 3.05) is 0 Å². The van der Waals surface area contributed by atoms with Crippen molar-refractivity contribution in [3.05, 3.63) is 23.3 Å². The van der Waals surface area contributed by atoms with E-state index in [1.165, 1.54) is 0 Å². The molecule has 0 aliphatic heterocycles. The summed E-state index contributed by atoms with van der Waals surface area (Å²) in [7, 11) is 0. The Bertz CT molecular complexity index is 424. The molecule has 1 heterocycles. The van der Waals surface area contributed by atoms with Crippen LogP contribution in [-0.4, -0.2) is 26.0 Å². The second kappa shape index (κ2) is 6.85. The largest absolute Gasteiger partial charge is 0.393 e. The van der Waals surface area contributed by atoms with E-state index in [0.717, 1.165) is 12.2 Å². The van der Waals surface area contributed by atoms with Crippen LogP contribution in [0.3, 0.4) is 0 Å². The zero-order valence-corrected chi connectivity index (χ0v) is 12.2. The van der Waals surface area contributed by atoms with E-state index in [1.807, 2.05) is 17.6 Å². The van der Waals surface area contributed by atoms with Gasteiger partial charge in [0.2, 0.25) is 0 Å². The molecule has 0 saturated heterocycles. The fourth-order valence-corrected chi connectivity index (χ4v) is 2.45. The molecule has 0 unspecified atom stereocenters. The highest BCUT2D eigenvalue weighted by atomic mass is 32.1. The van der Waals surface area contributed by atoms with Crippen LogP contribution < -0.4 is 0 Å². The van der Waals surface area contributed by atoms with Crippen LogP contribution >= 0.6 is 12.2 Å². The van der Waals surface area contributed by atoms with Gasteiger partial charge in [-0.2, -0.15) is 5.10 Å². The number of aromatic nitrogens is 3. The number of aromatic amines is 1. The molecule has 0 saturated carbocycles. The average molecular weight is 269 g/mol. The Balaban J connectivity index is 3.03. The van der Waals surface area contributed by atoms with Gasteiger partial charge in [0.15, 0.2) is 4.77 Å². The highest BCUT2D eigenvalue weighted by Gasteiger charge is 2.21. The summed E-state index contributed by atoms with van der Waals surface area (Å²) in [6.45, 7) is 10.6. The number of hydrogen-bond acceptors (Lipinski definition) is 3. The monoisotopic (exact) mass is 269 g/mol. The van der Waals surface area contributed by atoms with Crippen LogP contribution in [0.5, 0.6) is 0 Å². The summed E-state index contributed by atoms with van der Waals surface area (Å²) >= 11 is 5.22. The predicted octanol–water partition coefficient (Wildman–Crippen LogP) is 3.03. The van der Waals surface area contributed by atoms with Crippen LogP contribution in [0, 0.1) is 10.7 Å². The van der Waals surface area contributed by atoms with Gasteiger partial charge in [-0.25, -0.2) is 0 Å². The van der Waals surface area contributed by atoms with Gasteiger partial charge in [0, 0.05) is 12.5 Å². The molecular weight excluding hydrogens is 246 g/mol. The Morgan fingerprint density at radius 3 is 2.61 bits per heavy atom. The second-order valence-corrected chi connectivity index (χ2v) is 5.58. The zero-order valence-electron chi connectivity index (χ0n) is 11.4. The molecule has 0 bridgehead atoms. The number of H-pyrrole nitrogens is 1. The van der Waals surface area contributed by atoms with Crippen molar-refractivity contribution >= 4 is 12.2 Å². The fraction of sp³-hybridized carbons (Fsp3) is 0.692. The number of aliphatic hydroxyl groups is 1. The van der Waals surface area contributed by atoms with Gasteiger partial charge in [-0.3, -0.25) is 5.10 Å². The number of allylic oxidation sites excluding steroid dienone is 1. The molecule has 2 N–H and O–H groups in total. The predicted molar refractivity (Wildman–Crippen MR) is 76.1 cm³/mol. The maximum atomic E-state index is 9.63. The summed E-state index contributed by atoms with van der Waals surface area (Å²) < 4.78 is 2.57. The second-order valence-electron chi connectivity index (χ2n) is 5.20. The number of hydrogen-bond donors (Lipinski definition) is 2. The molecular formula is C13H23N3OS. The molecule has 102 valence electrons. The Hall–Kier alpha value is -0.940. The molecule has 0 aliphatic rings. The third-order valence-electron chi connectivity index (χ3n) is 2.85. The van der Waals surface area contributed by atoms with Crippen LogP contribution in [0.15, 0.2) is 12.7 Å². The lowest BCUT2D eigenvalue weighted by Crippen LogP contribution is -2.16. The van der Waals surface area contributed by atoms with Gasteiger partial charge in [-0.05, 0) is 37.9 Å². The normalized spacial score (nSPS) is 14.7. The average Bonchev–Trinajstić information content (AvgIpc) is 2.59. The molecule has 18 heavy (non-hydrogen) atoms. The minimum Gasteiger partial charge on any atom is -0.393 e. The summed E-state index contributed by atoms with van der Waals surface area (Å²) in [6, 6.07) is 0. The van der Waals surface area contributed by atoms with Gasteiger partial charge in [0.25, 0.3) is 0 Å². The lowest BCUT2D eigenvalue weighted by Gasteiger charge is -2.20. The Morgan fingerprint density at radius 2 is 2.11 bits per heavy atom. The van der Waals surface area contributed by atoms with Crippen LogP contribution in [0.4, 0.5) is 0 Å². The number of rotatable bonds is 7. The highest BCUT2D eigenvalue weighted by molar-refractivity contribution is 7.71. The van der Waals surface area contributed by atoms with E-state index in [9.17, 15) is 5.11 Å². The van der Waals surface area contributed by atoms with Crippen LogP contribution in [-0.2, 0) is 6.54 Å². The molecule has 0 fully saturated rings. The molecule has 1 aromatic rings. The van der Waals surface area contributed by atoms with Gasteiger partial charge in [0.05, 0.1) is 6.10 Å². The number of aliphatic hydroxyl groups excluding tert-OH is 1. The molecule has 0 spiro atoms. The molecule has 2 atom stereocenters. The third kappa shape index (κ3) is 4.07. The first kappa shape index (κ1) is 15.1. The zero-order chi connectivity index (χ0) is 13.7. The summed E-state index contributed by atoms with van der Waals surface area (Å²) in [5.41, 5.74) is 0. The highest BCUT2D eigenvalue weighted by Crippen LogP contribution is 2.27. The smallest absolute Gasteiger partial charge is 0.195 e. The first-order valence-electron chi connectivity index (χ1n) is 6.39. The summed E-state index contributed by atoms with van der Waals surface area (Å²) in [6.07, 6.45) is 3.16. The number of nitrogens with one attached hydrogen (secondary N) is 1. The molecule has 5 heteroatoms. The van der Waals surface area contributed by atoms with E-state index in [1.54, 1.807) is 0 Å². The first-order chi connectivity index (χ1) is 8.45. The maximum absolute atomic E-state index is 9.63. The number of nitrogens with zero attached hydrogens (tertiary/aromatic N) is 2. The van der Waals surface area contributed by atoms with Crippen LogP contribution in [0.2, 0.25) is 0 Å². The molecule has 4 nitrogen and oxygen atoms in total.